The number of rotatable bonds is 9. The summed E-state index contributed by atoms with van der Waals surface area (Å²) >= 11 is 0. The van der Waals surface area contributed by atoms with Crippen molar-refractivity contribution in [3.63, 3.8) is 0 Å². The first-order chi connectivity index (χ1) is 13.5. The van der Waals surface area contributed by atoms with Crippen molar-refractivity contribution in [2.45, 2.75) is 13.5 Å². The molecule has 0 aliphatic carbocycles. The van der Waals surface area contributed by atoms with E-state index in [9.17, 15) is 18.8 Å². The van der Waals surface area contributed by atoms with Crippen LogP contribution < -0.4 is 15.4 Å². The molecular weight excluding hydrogens is 367 g/mol. The molecule has 148 valence electrons. The molecule has 2 rings (SSSR count). The van der Waals surface area contributed by atoms with Crippen molar-refractivity contribution in [3.8, 4) is 5.75 Å². The lowest BCUT2D eigenvalue weighted by atomic mass is 10.2. The van der Waals surface area contributed by atoms with Crippen LogP contribution in [-0.2, 0) is 20.9 Å². The topological polar surface area (TPSA) is 93.7 Å². The van der Waals surface area contributed by atoms with Crippen LogP contribution in [0.5, 0.6) is 5.75 Å². The Morgan fingerprint density at radius 3 is 2.46 bits per heavy atom. The summed E-state index contributed by atoms with van der Waals surface area (Å²) in [5, 5.41) is 4.88. The first kappa shape index (κ1) is 20.9. The predicted molar refractivity (Wildman–Crippen MR) is 99.1 cm³/mol. The summed E-state index contributed by atoms with van der Waals surface area (Å²) in [6.07, 6.45) is 0. The number of hydrogen-bond acceptors (Lipinski definition) is 5. The van der Waals surface area contributed by atoms with Gasteiger partial charge in [-0.25, -0.2) is 9.18 Å². The predicted octanol–water partition coefficient (Wildman–Crippen LogP) is 1.81. The smallest absolute Gasteiger partial charge is 0.338 e. The monoisotopic (exact) mass is 388 g/mol. The molecule has 2 amide bonds. The maximum absolute atomic E-state index is 12.9. The molecule has 2 aromatic rings. The van der Waals surface area contributed by atoms with Crippen LogP contribution >= 0.6 is 0 Å². The van der Waals surface area contributed by atoms with Gasteiger partial charge in [0.15, 0.2) is 6.61 Å². The Labute approximate surface area is 161 Å². The minimum absolute atomic E-state index is 0.184. The second-order valence-electron chi connectivity index (χ2n) is 5.75. The van der Waals surface area contributed by atoms with E-state index in [2.05, 4.69) is 10.6 Å². The number of ether oxygens (including phenoxy) is 2. The second-order valence-corrected chi connectivity index (χ2v) is 5.75. The molecule has 0 aliphatic heterocycles. The Hall–Kier alpha value is -3.42. The molecule has 0 radical (unpaired) electrons. The number of carbonyl (C=O) groups excluding carboxylic acids is 3. The number of likely N-dealkylation sites (N-methyl/N-ethyl adjacent to an activating group) is 1. The first-order valence-electron chi connectivity index (χ1n) is 8.65. The maximum atomic E-state index is 12.9. The zero-order valence-corrected chi connectivity index (χ0v) is 15.4. The van der Waals surface area contributed by atoms with E-state index in [1.807, 2.05) is 0 Å². The van der Waals surface area contributed by atoms with Gasteiger partial charge in [0.1, 0.15) is 18.2 Å². The van der Waals surface area contributed by atoms with Crippen LogP contribution in [0.15, 0.2) is 48.5 Å². The third kappa shape index (κ3) is 7.06. The van der Waals surface area contributed by atoms with Crippen molar-refractivity contribution in [1.82, 2.24) is 10.6 Å². The van der Waals surface area contributed by atoms with E-state index >= 15 is 0 Å². The Kier molecular flexibility index (Phi) is 7.95. The molecule has 0 atom stereocenters. The van der Waals surface area contributed by atoms with Gasteiger partial charge in [0.2, 0.25) is 5.91 Å². The van der Waals surface area contributed by atoms with Crippen LogP contribution in [-0.4, -0.2) is 37.5 Å². The lowest BCUT2D eigenvalue weighted by molar-refractivity contribution is -0.127. The molecule has 0 fully saturated rings. The summed E-state index contributed by atoms with van der Waals surface area (Å²) in [4.78, 5) is 35.0. The highest BCUT2D eigenvalue weighted by atomic mass is 19.1. The highest BCUT2D eigenvalue weighted by Gasteiger charge is 2.12. The van der Waals surface area contributed by atoms with Gasteiger partial charge in [-0.2, -0.15) is 0 Å². The molecule has 2 aromatic carbocycles. The van der Waals surface area contributed by atoms with Gasteiger partial charge in [0, 0.05) is 6.54 Å². The quantitative estimate of drug-likeness (QED) is 0.639. The number of nitrogens with one attached hydrogen (secondary N) is 2. The molecule has 0 bridgehead atoms. The van der Waals surface area contributed by atoms with Crippen molar-refractivity contribution in [3.05, 3.63) is 65.5 Å². The van der Waals surface area contributed by atoms with Gasteiger partial charge in [-0.05, 0) is 42.8 Å². The van der Waals surface area contributed by atoms with Gasteiger partial charge in [-0.15, -0.1) is 0 Å². The number of hydrogen-bond donors (Lipinski definition) is 2. The lowest BCUT2D eigenvalue weighted by Gasteiger charge is -2.09. The van der Waals surface area contributed by atoms with E-state index in [1.165, 1.54) is 24.3 Å². The summed E-state index contributed by atoms with van der Waals surface area (Å²) in [7, 11) is 0. The normalized spacial score (nSPS) is 10.1. The summed E-state index contributed by atoms with van der Waals surface area (Å²) < 4.78 is 23.4. The molecule has 0 unspecified atom stereocenters. The van der Waals surface area contributed by atoms with Crippen molar-refractivity contribution in [2.75, 3.05) is 19.7 Å². The zero-order valence-electron chi connectivity index (χ0n) is 15.4. The van der Waals surface area contributed by atoms with Gasteiger partial charge >= 0.3 is 5.97 Å². The summed E-state index contributed by atoms with van der Waals surface area (Å²) in [6.45, 7) is 1.75. The maximum Gasteiger partial charge on any atom is 0.338 e. The molecule has 7 nitrogen and oxygen atoms in total. The number of carbonyl (C=O) groups is 3. The van der Waals surface area contributed by atoms with Crippen LogP contribution in [0.3, 0.4) is 0 Å². The number of halogens is 1. The van der Waals surface area contributed by atoms with Crippen molar-refractivity contribution in [1.29, 1.82) is 0 Å². The van der Waals surface area contributed by atoms with Crippen LogP contribution in [0.4, 0.5) is 4.39 Å². The minimum atomic E-state index is -0.694. The molecule has 0 aliphatic rings. The number of amides is 2. The standard InChI is InChI=1S/C20H21FN2O5/c1-2-22-18(24)11-23-19(25)13-28-20(26)15-4-3-5-17(10-15)27-12-14-6-8-16(21)9-7-14/h3-10H,2,11-13H2,1H3,(H,22,24)(H,23,25). The van der Waals surface area contributed by atoms with Crippen molar-refractivity contribution >= 4 is 17.8 Å². The molecule has 28 heavy (non-hydrogen) atoms. The van der Waals surface area contributed by atoms with E-state index < -0.39 is 18.5 Å². The molecule has 0 spiro atoms. The average Bonchev–Trinajstić information content (AvgIpc) is 2.70. The Balaban J connectivity index is 1.81. The average molecular weight is 388 g/mol. The van der Waals surface area contributed by atoms with Gasteiger partial charge in [0.05, 0.1) is 12.1 Å². The van der Waals surface area contributed by atoms with Crippen LogP contribution in [0.1, 0.15) is 22.8 Å². The molecule has 0 aromatic heterocycles. The van der Waals surface area contributed by atoms with E-state index in [1.54, 1.807) is 31.2 Å². The highest BCUT2D eigenvalue weighted by Crippen LogP contribution is 2.16. The zero-order chi connectivity index (χ0) is 20.4. The summed E-state index contributed by atoms with van der Waals surface area (Å²) in [5.74, 6) is -1.50. The minimum Gasteiger partial charge on any atom is -0.489 e. The van der Waals surface area contributed by atoms with Gasteiger partial charge < -0.3 is 20.1 Å². The van der Waals surface area contributed by atoms with Crippen molar-refractivity contribution < 1.29 is 28.2 Å². The molecule has 0 heterocycles. The van der Waals surface area contributed by atoms with E-state index in [4.69, 9.17) is 9.47 Å². The fourth-order valence-electron chi connectivity index (χ4n) is 2.16. The largest absolute Gasteiger partial charge is 0.489 e. The summed E-state index contributed by atoms with van der Waals surface area (Å²) in [6, 6.07) is 12.2. The Bertz CT molecular complexity index is 824. The second kappa shape index (κ2) is 10.7. The van der Waals surface area contributed by atoms with Gasteiger partial charge in [-0.1, -0.05) is 18.2 Å². The van der Waals surface area contributed by atoms with Crippen LogP contribution in [0.25, 0.3) is 0 Å². The van der Waals surface area contributed by atoms with E-state index in [0.717, 1.165) is 5.56 Å². The first-order valence-corrected chi connectivity index (χ1v) is 8.65. The van der Waals surface area contributed by atoms with E-state index in [-0.39, 0.29) is 30.4 Å². The van der Waals surface area contributed by atoms with E-state index in [0.29, 0.717) is 12.3 Å². The van der Waals surface area contributed by atoms with Crippen LogP contribution in [0.2, 0.25) is 0 Å². The van der Waals surface area contributed by atoms with Gasteiger partial charge in [-0.3, -0.25) is 9.59 Å². The fraction of sp³-hybridized carbons (Fsp3) is 0.250. The number of benzene rings is 2. The summed E-state index contributed by atoms with van der Waals surface area (Å²) in [5.41, 5.74) is 0.992. The molecule has 0 saturated heterocycles. The number of esters is 1. The lowest BCUT2D eigenvalue weighted by Crippen LogP contribution is -2.38. The highest BCUT2D eigenvalue weighted by molar-refractivity contribution is 5.92. The molecule has 2 N–H and O–H groups in total. The Morgan fingerprint density at radius 1 is 1.00 bits per heavy atom. The third-order valence-corrected chi connectivity index (χ3v) is 3.54. The molecule has 0 saturated carbocycles. The molecule has 8 heteroatoms. The molecular formula is C20H21FN2O5. The Morgan fingerprint density at radius 2 is 1.75 bits per heavy atom. The third-order valence-electron chi connectivity index (χ3n) is 3.54. The fourth-order valence-corrected chi connectivity index (χ4v) is 2.16. The SMILES string of the molecule is CCNC(=O)CNC(=O)COC(=O)c1cccc(OCc2ccc(F)cc2)c1. The van der Waals surface area contributed by atoms with Crippen LogP contribution in [0, 0.1) is 5.82 Å². The van der Waals surface area contributed by atoms with Gasteiger partial charge in [0.25, 0.3) is 5.91 Å². The van der Waals surface area contributed by atoms with Crippen molar-refractivity contribution in [2.24, 2.45) is 0 Å².